The van der Waals surface area contributed by atoms with E-state index in [0.29, 0.717) is 32.0 Å². The van der Waals surface area contributed by atoms with Crippen molar-refractivity contribution in [3.8, 4) is 10.6 Å². The summed E-state index contributed by atoms with van der Waals surface area (Å²) in [6, 6.07) is 8.77. The molecule has 1 heterocycles. The summed E-state index contributed by atoms with van der Waals surface area (Å²) in [6.45, 7) is 6.20. The summed E-state index contributed by atoms with van der Waals surface area (Å²) < 4.78 is 33.5. The van der Waals surface area contributed by atoms with E-state index in [4.69, 9.17) is 0 Å². The van der Waals surface area contributed by atoms with Crippen molar-refractivity contribution >= 4 is 48.9 Å². The van der Waals surface area contributed by atoms with Crippen molar-refractivity contribution in [2.45, 2.75) is 24.8 Å². The van der Waals surface area contributed by atoms with E-state index in [1.807, 2.05) is 0 Å². The van der Waals surface area contributed by atoms with E-state index < -0.39 is 27.7 Å². The fourth-order valence-electron chi connectivity index (χ4n) is 2.76. The molecule has 0 bridgehead atoms. The van der Waals surface area contributed by atoms with Crippen LogP contribution in [0.25, 0.3) is 20.8 Å². The number of rotatable bonds is 7. The number of hydrogen-bond acceptors (Lipinski definition) is 8. The van der Waals surface area contributed by atoms with Crippen LogP contribution in [-0.2, 0) is 19.7 Å². The first kappa shape index (κ1) is 21.6. The lowest BCUT2D eigenvalue weighted by atomic mass is 10.1. The van der Waals surface area contributed by atoms with Crippen LogP contribution in [0.15, 0.2) is 64.2 Å². The molecule has 0 fully saturated rings. The Morgan fingerprint density at radius 2 is 1.87 bits per heavy atom. The SMILES string of the molecule is C=CC(=O)C(N=Nc1ccc(-c2nc3ccc(C)c(S(=O)(=O)O)c3s2)cc1)C(C)=O. The molecule has 1 unspecified atom stereocenters. The Labute approximate surface area is 176 Å². The van der Waals surface area contributed by atoms with Gasteiger partial charge in [0.05, 0.1) is 15.9 Å². The van der Waals surface area contributed by atoms with E-state index in [2.05, 4.69) is 21.8 Å². The second kappa shape index (κ2) is 8.34. The van der Waals surface area contributed by atoms with E-state index in [1.165, 1.54) is 6.92 Å². The number of fused-ring (bicyclic) bond motifs is 1. The Kier molecular flexibility index (Phi) is 6.01. The van der Waals surface area contributed by atoms with Gasteiger partial charge in [-0.15, -0.1) is 11.3 Å². The van der Waals surface area contributed by atoms with Crippen molar-refractivity contribution in [2.75, 3.05) is 0 Å². The standard InChI is InChI=1S/C20H17N3O5S2/c1-4-16(25)17(12(3)24)23-22-14-8-6-13(7-9-14)20-21-15-10-5-11(2)19(18(15)29-20)30(26,27)28/h4-10,17H,1H2,2-3H3,(H,26,27,28). The zero-order valence-corrected chi connectivity index (χ0v) is 17.7. The number of benzene rings is 2. The maximum atomic E-state index is 11.8. The Morgan fingerprint density at radius 1 is 1.20 bits per heavy atom. The zero-order valence-electron chi connectivity index (χ0n) is 16.1. The Morgan fingerprint density at radius 3 is 2.43 bits per heavy atom. The molecule has 0 radical (unpaired) electrons. The minimum absolute atomic E-state index is 0.142. The molecule has 0 aliphatic heterocycles. The zero-order chi connectivity index (χ0) is 22.1. The maximum Gasteiger partial charge on any atom is 0.296 e. The van der Waals surface area contributed by atoms with E-state index in [-0.39, 0.29) is 4.90 Å². The summed E-state index contributed by atoms with van der Waals surface area (Å²) in [6.07, 6.45) is 1.03. The number of thiazole rings is 1. The van der Waals surface area contributed by atoms with Crippen LogP contribution in [0.4, 0.5) is 5.69 Å². The lowest BCUT2D eigenvalue weighted by molar-refractivity contribution is -0.125. The number of carbonyl (C=O) groups is 2. The molecular formula is C20H17N3O5S2. The molecule has 1 N–H and O–H groups in total. The first-order valence-corrected chi connectivity index (χ1v) is 10.9. The van der Waals surface area contributed by atoms with Crippen molar-refractivity contribution in [3.05, 3.63) is 54.6 Å². The molecule has 10 heteroatoms. The molecule has 0 aliphatic rings. The third-order valence-electron chi connectivity index (χ3n) is 4.23. The van der Waals surface area contributed by atoms with Gasteiger partial charge in [-0.25, -0.2) is 4.98 Å². The first-order valence-electron chi connectivity index (χ1n) is 8.67. The quantitative estimate of drug-likeness (QED) is 0.251. The van der Waals surface area contributed by atoms with Gasteiger partial charge in [0.25, 0.3) is 10.1 Å². The van der Waals surface area contributed by atoms with Crippen LogP contribution in [0, 0.1) is 6.92 Å². The molecule has 0 saturated carbocycles. The van der Waals surface area contributed by atoms with Gasteiger partial charge in [0, 0.05) is 5.56 Å². The average molecular weight is 444 g/mol. The highest BCUT2D eigenvalue weighted by Crippen LogP contribution is 2.36. The van der Waals surface area contributed by atoms with Gasteiger partial charge in [0.1, 0.15) is 9.90 Å². The van der Waals surface area contributed by atoms with E-state index in [1.54, 1.807) is 43.3 Å². The Balaban J connectivity index is 1.94. The van der Waals surface area contributed by atoms with Crippen LogP contribution in [0.3, 0.4) is 0 Å². The predicted octanol–water partition coefficient (Wildman–Crippen LogP) is 4.31. The van der Waals surface area contributed by atoms with Gasteiger partial charge in [-0.2, -0.15) is 18.6 Å². The van der Waals surface area contributed by atoms with Crippen LogP contribution in [-0.4, -0.2) is 35.6 Å². The summed E-state index contributed by atoms with van der Waals surface area (Å²) >= 11 is 1.15. The molecule has 0 saturated heterocycles. The minimum atomic E-state index is -4.39. The Hall–Kier alpha value is -3.08. The van der Waals surface area contributed by atoms with Crippen LogP contribution < -0.4 is 0 Å². The number of Topliss-reactive ketones (excluding diaryl/α,β-unsaturated/α-hetero) is 1. The molecule has 1 aromatic heterocycles. The molecule has 154 valence electrons. The monoisotopic (exact) mass is 443 g/mol. The second-order valence-corrected chi connectivity index (χ2v) is 8.79. The van der Waals surface area contributed by atoms with Crippen molar-refractivity contribution in [1.29, 1.82) is 0 Å². The van der Waals surface area contributed by atoms with Crippen molar-refractivity contribution in [1.82, 2.24) is 4.98 Å². The van der Waals surface area contributed by atoms with E-state index in [9.17, 15) is 22.6 Å². The highest BCUT2D eigenvalue weighted by molar-refractivity contribution is 7.86. The molecule has 2 aromatic carbocycles. The average Bonchev–Trinajstić information content (AvgIpc) is 3.10. The minimum Gasteiger partial charge on any atom is -0.297 e. The van der Waals surface area contributed by atoms with Crippen LogP contribution in [0.2, 0.25) is 0 Å². The van der Waals surface area contributed by atoms with E-state index in [0.717, 1.165) is 17.4 Å². The number of aromatic nitrogens is 1. The lowest BCUT2D eigenvalue weighted by Gasteiger charge is -2.02. The summed E-state index contributed by atoms with van der Waals surface area (Å²) in [7, 11) is -4.39. The normalized spacial score (nSPS) is 12.9. The van der Waals surface area contributed by atoms with Crippen molar-refractivity contribution in [2.24, 2.45) is 10.2 Å². The summed E-state index contributed by atoms with van der Waals surface area (Å²) in [5.41, 5.74) is 2.03. The Bertz CT molecular complexity index is 1290. The van der Waals surface area contributed by atoms with Crippen LogP contribution in [0.1, 0.15) is 12.5 Å². The topological polar surface area (TPSA) is 126 Å². The fourth-order valence-corrected chi connectivity index (χ4v) is 5.07. The van der Waals surface area contributed by atoms with Gasteiger partial charge in [-0.3, -0.25) is 14.1 Å². The van der Waals surface area contributed by atoms with Crippen LogP contribution in [0.5, 0.6) is 0 Å². The molecule has 3 rings (SSSR count). The highest BCUT2D eigenvalue weighted by Gasteiger charge is 2.21. The molecule has 8 nitrogen and oxygen atoms in total. The van der Waals surface area contributed by atoms with Gasteiger partial charge >= 0.3 is 0 Å². The number of carbonyl (C=O) groups excluding carboxylic acids is 2. The number of aryl methyl sites for hydroxylation is 1. The number of hydrogen-bond donors (Lipinski definition) is 1. The maximum absolute atomic E-state index is 11.8. The van der Waals surface area contributed by atoms with Crippen LogP contribution >= 0.6 is 11.3 Å². The summed E-state index contributed by atoms with van der Waals surface area (Å²) in [4.78, 5) is 27.5. The third kappa shape index (κ3) is 4.40. The molecular weight excluding hydrogens is 426 g/mol. The molecule has 30 heavy (non-hydrogen) atoms. The number of nitrogens with zero attached hydrogens (tertiary/aromatic N) is 3. The number of azo groups is 1. The second-order valence-electron chi connectivity index (χ2n) is 6.44. The third-order valence-corrected chi connectivity index (χ3v) is 6.53. The first-order chi connectivity index (χ1) is 14.1. The lowest BCUT2D eigenvalue weighted by Crippen LogP contribution is -2.23. The van der Waals surface area contributed by atoms with Gasteiger partial charge < -0.3 is 0 Å². The fraction of sp³-hybridized carbons (Fsp3) is 0.150. The molecule has 0 spiro atoms. The van der Waals surface area contributed by atoms with Gasteiger partial charge in [-0.05, 0) is 55.8 Å². The van der Waals surface area contributed by atoms with Gasteiger partial charge in [0.2, 0.25) is 0 Å². The molecule has 0 amide bonds. The summed E-state index contributed by atoms with van der Waals surface area (Å²) in [5.74, 6) is -0.957. The summed E-state index contributed by atoms with van der Waals surface area (Å²) in [5, 5.41) is 8.30. The highest BCUT2D eigenvalue weighted by atomic mass is 32.2. The van der Waals surface area contributed by atoms with Crippen molar-refractivity contribution < 1.29 is 22.6 Å². The molecule has 0 aliphatic carbocycles. The number of ketones is 2. The van der Waals surface area contributed by atoms with Crippen molar-refractivity contribution in [3.63, 3.8) is 0 Å². The van der Waals surface area contributed by atoms with Gasteiger partial charge in [-0.1, -0.05) is 12.6 Å². The van der Waals surface area contributed by atoms with E-state index >= 15 is 0 Å². The predicted molar refractivity (Wildman–Crippen MR) is 114 cm³/mol. The smallest absolute Gasteiger partial charge is 0.296 e. The molecule has 1 atom stereocenters. The van der Waals surface area contributed by atoms with Gasteiger partial charge in [0.15, 0.2) is 17.6 Å². The largest absolute Gasteiger partial charge is 0.297 e. The molecule has 3 aromatic rings.